The van der Waals surface area contributed by atoms with Crippen molar-refractivity contribution in [3.63, 3.8) is 0 Å². The molecule has 1 fully saturated rings. The van der Waals surface area contributed by atoms with E-state index < -0.39 is 0 Å². The lowest BCUT2D eigenvalue weighted by Gasteiger charge is -2.11. The van der Waals surface area contributed by atoms with Crippen molar-refractivity contribution in [2.75, 3.05) is 0 Å². The fraction of sp³-hybridized carbons (Fsp3) is 0.222. The molecule has 1 aliphatic carbocycles. The van der Waals surface area contributed by atoms with E-state index in [2.05, 4.69) is 10.1 Å². The molecule has 3 heterocycles. The molecular weight excluding hydrogens is 368 g/mol. The van der Waals surface area contributed by atoms with Gasteiger partial charge in [-0.2, -0.15) is 16.3 Å². The molecule has 0 aliphatic heterocycles. The molecular formula is C18H14N4O2S2. The van der Waals surface area contributed by atoms with Crippen LogP contribution >= 0.6 is 23.1 Å². The van der Waals surface area contributed by atoms with E-state index in [0.29, 0.717) is 28.0 Å². The van der Waals surface area contributed by atoms with Gasteiger partial charge in [0.1, 0.15) is 0 Å². The zero-order chi connectivity index (χ0) is 17.5. The number of benzene rings is 1. The fourth-order valence-electron chi connectivity index (χ4n) is 2.83. The van der Waals surface area contributed by atoms with Gasteiger partial charge in [0.15, 0.2) is 5.16 Å². The zero-order valence-electron chi connectivity index (χ0n) is 13.7. The quantitative estimate of drug-likeness (QED) is 0.382. The first-order valence-electron chi connectivity index (χ1n) is 8.29. The van der Waals surface area contributed by atoms with Gasteiger partial charge in [0.25, 0.3) is 5.56 Å². The van der Waals surface area contributed by atoms with Crippen LogP contribution in [-0.4, -0.2) is 19.7 Å². The van der Waals surface area contributed by atoms with Crippen molar-refractivity contribution >= 4 is 34.0 Å². The van der Waals surface area contributed by atoms with E-state index in [-0.39, 0.29) is 11.6 Å². The third-order valence-electron chi connectivity index (χ3n) is 4.26. The van der Waals surface area contributed by atoms with Crippen LogP contribution in [0.3, 0.4) is 0 Å². The van der Waals surface area contributed by atoms with Crippen LogP contribution in [0.15, 0.2) is 55.6 Å². The summed E-state index contributed by atoms with van der Waals surface area (Å²) in [6.45, 7) is 0. The van der Waals surface area contributed by atoms with Crippen LogP contribution in [0.2, 0.25) is 0 Å². The van der Waals surface area contributed by atoms with Crippen LogP contribution in [0.1, 0.15) is 24.8 Å². The summed E-state index contributed by atoms with van der Waals surface area (Å²) in [7, 11) is 0. The molecule has 1 saturated carbocycles. The Hall–Kier alpha value is -2.45. The molecule has 0 spiro atoms. The minimum absolute atomic E-state index is 0.0325. The number of hydrogen-bond acceptors (Lipinski definition) is 7. The molecule has 0 unspecified atom stereocenters. The van der Waals surface area contributed by atoms with E-state index in [1.165, 1.54) is 11.8 Å². The average molecular weight is 382 g/mol. The lowest BCUT2D eigenvalue weighted by atomic mass is 10.2. The predicted molar refractivity (Wildman–Crippen MR) is 101 cm³/mol. The highest BCUT2D eigenvalue weighted by Crippen LogP contribution is 2.37. The highest BCUT2D eigenvalue weighted by Gasteiger charge is 2.28. The number of aromatic nitrogens is 4. The van der Waals surface area contributed by atoms with Crippen molar-refractivity contribution in [2.24, 2.45) is 0 Å². The minimum atomic E-state index is 0.0325. The second kappa shape index (κ2) is 6.37. The molecule has 6 nitrogen and oxygen atoms in total. The first kappa shape index (κ1) is 15.8. The normalized spacial score (nSPS) is 14.2. The molecule has 5 rings (SSSR count). The van der Waals surface area contributed by atoms with Gasteiger partial charge < -0.3 is 4.52 Å². The van der Waals surface area contributed by atoms with Gasteiger partial charge in [-0.3, -0.25) is 9.36 Å². The van der Waals surface area contributed by atoms with Crippen LogP contribution in [-0.2, 0) is 5.75 Å². The Kier molecular flexibility index (Phi) is 3.86. The van der Waals surface area contributed by atoms with E-state index >= 15 is 0 Å². The maximum absolute atomic E-state index is 12.9. The van der Waals surface area contributed by atoms with Gasteiger partial charge in [0, 0.05) is 17.0 Å². The van der Waals surface area contributed by atoms with E-state index in [1.54, 1.807) is 11.3 Å². The monoisotopic (exact) mass is 382 g/mol. The summed E-state index contributed by atoms with van der Waals surface area (Å²) in [6, 6.07) is 9.70. The Morgan fingerprint density at radius 3 is 2.92 bits per heavy atom. The van der Waals surface area contributed by atoms with Gasteiger partial charge >= 0.3 is 0 Å². The van der Waals surface area contributed by atoms with Crippen molar-refractivity contribution in [1.29, 1.82) is 0 Å². The first-order valence-corrected chi connectivity index (χ1v) is 10.2. The summed E-state index contributed by atoms with van der Waals surface area (Å²) in [6.07, 6.45) is 2.05. The van der Waals surface area contributed by atoms with Crippen molar-refractivity contribution in [3.8, 4) is 11.4 Å². The molecule has 0 amide bonds. The van der Waals surface area contributed by atoms with Crippen LogP contribution in [0.5, 0.6) is 0 Å². The van der Waals surface area contributed by atoms with Crippen LogP contribution in [0.25, 0.3) is 22.3 Å². The molecule has 0 saturated heterocycles. The van der Waals surface area contributed by atoms with Crippen molar-refractivity contribution in [1.82, 2.24) is 19.7 Å². The van der Waals surface area contributed by atoms with E-state index in [0.717, 1.165) is 23.9 Å². The molecule has 26 heavy (non-hydrogen) atoms. The molecule has 3 aromatic heterocycles. The highest BCUT2D eigenvalue weighted by molar-refractivity contribution is 7.98. The SMILES string of the molecule is O=c1c2ccccc2nc(SCc2nc(-c3ccsc3)no2)n1C1CC1. The summed E-state index contributed by atoms with van der Waals surface area (Å²) >= 11 is 3.06. The Labute approximate surface area is 156 Å². The van der Waals surface area contributed by atoms with Crippen molar-refractivity contribution in [3.05, 3.63) is 57.3 Å². The topological polar surface area (TPSA) is 73.8 Å². The summed E-state index contributed by atoms with van der Waals surface area (Å²) in [5, 5.41) is 9.37. The van der Waals surface area contributed by atoms with Gasteiger partial charge in [0.2, 0.25) is 11.7 Å². The highest BCUT2D eigenvalue weighted by atomic mass is 32.2. The third-order valence-corrected chi connectivity index (χ3v) is 5.88. The van der Waals surface area contributed by atoms with Gasteiger partial charge in [-0.25, -0.2) is 4.98 Å². The van der Waals surface area contributed by atoms with Gasteiger partial charge in [-0.05, 0) is 36.4 Å². The molecule has 8 heteroatoms. The van der Waals surface area contributed by atoms with Gasteiger partial charge in [0.05, 0.1) is 16.7 Å². The number of thioether (sulfide) groups is 1. The van der Waals surface area contributed by atoms with E-state index in [4.69, 9.17) is 9.51 Å². The Morgan fingerprint density at radius 1 is 1.23 bits per heavy atom. The second-order valence-electron chi connectivity index (χ2n) is 6.13. The average Bonchev–Trinajstić information content (AvgIpc) is 3.15. The molecule has 0 N–H and O–H groups in total. The van der Waals surface area contributed by atoms with E-state index in [1.807, 2.05) is 45.7 Å². The summed E-state index contributed by atoms with van der Waals surface area (Å²) in [5.74, 6) is 1.60. The molecule has 0 atom stereocenters. The Bertz CT molecular complexity index is 1130. The number of thiophene rings is 1. The Balaban J connectivity index is 1.46. The lowest BCUT2D eigenvalue weighted by Crippen LogP contribution is -2.22. The maximum atomic E-state index is 12.9. The van der Waals surface area contributed by atoms with Crippen molar-refractivity contribution < 1.29 is 4.52 Å². The molecule has 4 aromatic rings. The Morgan fingerprint density at radius 2 is 2.12 bits per heavy atom. The van der Waals surface area contributed by atoms with Crippen LogP contribution in [0.4, 0.5) is 0 Å². The van der Waals surface area contributed by atoms with Gasteiger partial charge in [-0.15, -0.1) is 0 Å². The smallest absolute Gasteiger partial charge is 0.262 e. The molecule has 0 radical (unpaired) electrons. The first-order chi connectivity index (χ1) is 12.8. The number of para-hydroxylation sites is 1. The molecule has 1 aliphatic rings. The summed E-state index contributed by atoms with van der Waals surface area (Å²) in [4.78, 5) is 22.0. The minimum Gasteiger partial charge on any atom is -0.338 e. The number of nitrogens with zero attached hydrogens (tertiary/aromatic N) is 4. The molecule has 130 valence electrons. The standard InChI is InChI=1S/C18H14N4O2S2/c23-17-13-3-1-2-4-14(13)19-18(22(17)12-5-6-12)26-10-15-20-16(21-24-15)11-7-8-25-9-11/h1-4,7-9,12H,5-6,10H2. The summed E-state index contributed by atoms with van der Waals surface area (Å²) < 4.78 is 7.17. The second-order valence-corrected chi connectivity index (χ2v) is 7.85. The number of fused-ring (bicyclic) bond motifs is 1. The van der Waals surface area contributed by atoms with Crippen molar-refractivity contribution in [2.45, 2.75) is 29.8 Å². The lowest BCUT2D eigenvalue weighted by molar-refractivity contribution is 0.391. The van der Waals surface area contributed by atoms with Crippen LogP contribution in [0, 0.1) is 0 Å². The molecule has 1 aromatic carbocycles. The maximum Gasteiger partial charge on any atom is 0.262 e. The largest absolute Gasteiger partial charge is 0.338 e. The van der Waals surface area contributed by atoms with Crippen LogP contribution < -0.4 is 5.56 Å². The zero-order valence-corrected chi connectivity index (χ0v) is 15.3. The number of rotatable bonds is 5. The summed E-state index contributed by atoms with van der Waals surface area (Å²) in [5.41, 5.74) is 1.71. The predicted octanol–water partition coefficient (Wildman–Crippen LogP) is 4.14. The van der Waals surface area contributed by atoms with Gasteiger partial charge in [-0.1, -0.05) is 29.1 Å². The molecule has 0 bridgehead atoms. The number of hydrogen-bond donors (Lipinski definition) is 0. The third kappa shape index (κ3) is 2.85. The fourth-order valence-corrected chi connectivity index (χ4v) is 4.37. The van der Waals surface area contributed by atoms with E-state index in [9.17, 15) is 4.79 Å².